The number of hydrogen-bond acceptors (Lipinski definition) is 2. The van der Waals surface area contributed by atoms with E-state index in [1.807, 2.05) is 12.1 Å². The lowest BCUT2D eigenvalue weighted by Gasteiger charge is -2.32. The largest absolute Gasteiger partial charge is 0.368 e. The fourth-order valence-electron chi connectivity index (χ4n) is 2.40. The van der Waals surface area contributed by atoms with E-state index in [2.05, 4.69) is 37.9 Å². The first kappa shape index (κ1) is 17.0. The zero-order valence-electron chi connectivity index (χ0n) is 13.3. The molecule has 0 heterocycles. The molecule has 1 N–H and O–H groups in total. The van der Waals surface area contributed by atoms with Gasteiger partial charge in [0.05, 0.1) is 5.69 Å². The van der Waals surface area contributed by atoms with Crippen molar-refractivity contribution in [1.82, 2.24) is 5.32 Å². The van der Waals surface area contributed by atoms with Crippen molar-refractivity contribution in [2.45, 2.75) is 46.6 Å². The highest BCUT2D eigenvalue weighted by Gasteiger charge is 2.19. The summed E-state index contributed by atoms with van der Waals surface area (Å²) in [6.07, 6.45) is 2.26. The molecule has 1 rings (SSSR count). The average molecular weight is 280 g/mol. The van der Waals surface area contributed by atoms with Gasteiger partial charge < -0.3 is 10.2 Å². The van der Waals surface area contributed by atoms with Gasteiger partial charge in [-0.3, -0.25) is 0 Å². The molecule has 2 unspecified atom stereocenters. The van der Waals surface area contributed by atoms with Crippen molar-refractivity contribution in [2.75, 3.05) is 24.5 Å². The van der Waals surface area contributed by atoms with Gasteiger partial charge in [0.1, 0.15) is 5.82 Å². The summed E-state index contributed by atoms with van der Waals surface area (Å²) in [5, 5.41) is 3.61. The van der Waals surface area contributed by atoms with E-state index in [4.69, 9.17) is 0 Å². The Bertz CT molecular complexity index is 381. The molecule has 0 aromatic heterocycles. The second kappa shape index (κ2) is 8.96. The molecule has 0 radical (unpaired) electrons. The summed E-state index contributed by atoms with van der Waals surface area (Å²) in [4.78, 5) is 2.13. The van der Waals surface area contributed by atoms with Crippen LogP contribution in [0.2, 0.25) is 0 Å². The molecule has 2 nitrogen and oxygen atoms in total. The van der Waals surface area contributed by atoms with Crippen LogP contribution in [0.1, 0.15) is 40.5 Å². The molecule has 1 aromatic carbocycles. The van der Waals surface area contributed by atoms with Gasteiger partial charge in [-0.15, -0.1) is 0 Å². The lowest BCUT2D eigenvalue weighted by Crippen LogP contribution is -2.45. The molecular weight excluding hydrogens is 251 g/mol. The van der Waals surface area contributed by atoms with Crippen LogP contribution in [0.25, 0.3) is 0 Å². The molecule has 0 aliphatic heterocycles. The van der Waals surface area contributed by atoms with E-state index in [1.165, 1.54) is 6.07 Å². The Hall–Kier alpha value is -1.09. The second-order valence-electron chi connectivity index (χ2n) is 5.44. The predicted molar refractivity (Wildman–Crippen MR) is 85.8 cm³/mol. The number of rotatable bonds is 9. The van der Waals surface area contributed by atoms with Gasteiger partial charge in [-0.2, -0.15) is 0 Å². The number of anilines is 1. The van der Waals surface area contributed by atoms with E-state index in [1.54, 1.807) is 6.07 Å². The number of likely N-dealkylation sites (N-methyl/N-ethyl adjacent to an activating group) is 1. The van der Waals surface area contributed by atoms with E-state index < -0.39 is 0 Å². The topological polar surface area (TPSA) is 15.3 Å². The third kappa shape index (κ3) is 4.78. The Morgan fingerprint density at radius 2 is 1.90 bits per heavy atom. The van der Waals surface area contributed by atoms with Crippen molar-refractivity contribution < 1.29 is 4.39 Å². The lowest BCUT2D eigenvalue weighted by atomic mass is 9.98. The summed E-state index contributed by atoms with van der Waals surface area (Å²) in [7, 11) is 0. The zero-order chi connectivity index (χ0) is 15.0. The van der Waals surface area contributed by atoms with Gasteiger partial charge in [-0.25, -0.2) is 4.39 Å². The molecule has 114 valence electrons. The van der Waals surface area contributed by atoms with E-state index in [-0.39, 0.29) is 5.82 Å². The van der Waals surface area contributed by atoms with Crippen LogP contribution in [0, 0.1) is 11.7 Å². The molecule has 1 aromatic rings. The predicted octanol–water partition coefficient (Wildman–Crippen LogP) is 4.07. The Labute approximate surface area is 123 Å². The van der Waals surface area contributed by atoms with Crippen LogP contribution >= 0.6 is 0 Å². The van der Waals surface area contributed by atoms with Crippen LogP contribution in [0.3, 0.4) is 0 Å². The molecule has 3 heteroatoms. The molecule has 0 aliphatic rings. The van der Waals surface area contributed by atoms with Crippen LogP contribution in [0.5, 0.6) is 0 Å². The third-order valence-electron chi connectivity index (χ3n) is 3.98. The first-order valence-corrected chi connectivity index (χ1v) is 7.86. The van der Waals surface area contributed by atoms with Gasteiger partial charge in [0.15, 0.2) is 0 Å². The van der Waals surface area contributed by atoms with Gasteiger partial charge in [-0.05, 0) is 37.9 Å². The Morgan fingerprint density at radius 1 is 1.20 bits per heavy atom. The standard InChI is InChI=1S/C17H29FN2/c1-5-12-19-16(14(4)6-2)13-20(7-3)17-11-9-8-10-15(17)18/h8-11,14,16,19H,5-7,12-13H2,1-4H3. The summed E-state index contributed by atoms with van der Waals surface area (Å²) in [5.41, 5.74) is 0.710. The highest BCUT2D eigenvalue weighted by Crippen LogP contribution is 2.20. The molecular formula is C17H29FN2. The maximum absolute atomic E-state index is 14.0. The van der Waals surface area contributed by atoms with Gasteiger partial charge >= 0.3 is 0 Å². The fourth-order valence-corrected chi connectivity index (χ4v) is 2.40. The summed E-state index contributed by atoms with van der Waals surface area (Å²) in [5.74, 6) is 0.454. The van der Waals surface area contributed by atoms with E-state index >= 15 is 0 Å². The molecule has 0 fully saturated rings. The minimum absolute atomic E-state index is 0.132. The van der Waals surface area contributed by atoms with Crippen LogP contribution in [0.15, 0.2) is 24.3 Å². The van der Waals surface area contributed by atoms with Crippen molar-refractivity contribution in [3.05, 3.63) is 30.1 Å². The quantitative estimate of drug-likeness (QED) is 0.733. The molecule has 20 heavy (non-hydrogen) atoms. The average Bonchev–Trinajstić information content (AvgIpc) is 2.48. The van der Waals surface area contributed by atoms with Crippen LogP contribution in [-0.2, 0) is 0 Å². The number of nitrogens with zero attached hydrogens (tertiary/aromatic N) is 1. The van der Waals surface area contributed by atoms with Crippen LogP contribution < -0.4 is 10.2 Å². The third-order valence-corrected chi connectivity index (χ3v) is 3.98. The Kier molecular flexibility index (Phi) is 7.60. The SMILES string of the molecule is CCCNC(CN(CC)c1ccccc1F)C(C)CC. The van der Waals surface area contributed by atoms with Crippen LogP contribution in [-0.4, -0.2) is 25.7 Å². The summed E-state index contributed by atoms with van der Waals surface area (Å²) >= 11 is 0. The second-order valence-corrected chi connectivity index (χ2v) is 5.44. The highest BCUT2D eigenvalue weighted by molar-refractivity contribution is 5.47. The first-order chi connectivity index (χ1) is 9.63. The smallest absolute Gasteiger partial charge is 0.146 e. The van der Waals surface area contributed by atoms with E-state index in [0.29, 0.717) is 17.6 Å². The number of nitrogens with one attached hydrogen (secondary N) is 1. The van der Waals surface area contributed by atoms with Crippen molar-refractivity contribution >= 4 is 5.69 Å². The van der Waals surface area contributed by atoms with Gasteiger partial charge in [-0.1, -0.05) is 39.3 Å². The molecule has 0 bridgehead atoms. The minimum atomic E-state index is -0.132. The number of benzene rings is 1. The van der Waals surface area contributed by atoms with Gasteiger partial charge in [0.25, 0.3) is 0 Å². The number of para-hydroxylation sites is 1. The maximum Gasteiger partial charge on any atom is 0.146 e. The summed E-state index contributed by atoms with van der Waals surface area (Å²) in [6.45, 7) is 11.4. The van der Waals surface area contributed by atoms with Gasteiger partial charge in [0, 0.05) is 19.1 Å². The maximum atomic E-state index is 14.0. The summed E-state index contributed by atoms with van der Waals surface area (Å²) < 4.78 is 14.0. The fraction of sp³-hybridized carbons (Fsp3) is 0.647. The highest BCUT2D eigenvalue weighted by atomic mass is 19.1. The molecule has 0 saturated heterocycles. The van der Waals surface area contributed by atoms with Crippen molar-refractivity contribution in [3.8, 4) is 0 Å². The number of hydrogen-bond donors (Lipinski definition) is 1. The van der Waals surface area contributed by atoms with Crippen molar-refractivity contribution in [3.63, 3.8) is 0 Å². The first-order valence-electron chi connectivity index (χ1n) is 7.86. The monoisotopic (exact) mass is 280 g/mol. The lowest BCUT2D eigenvalue weighted by molar-refractivity contribution is 0.366. The van der Waals surface area contributed by atoms with E-state index in [9.17, 15) is 4.39 Å². The molecule has 0 amide bonds. The zero-order valence-corrected chi connectivity index (χ0v) is 13.3. The Balaban J connectivity index is 2.80. The van der Waals surface area contributed by atoms with Crippen LogP contribution in [0.4, 0.5) is 10.1 Å². The summed E-state index contributed by atoms with van der Waals surface area (Å²) in [6, 6.07) is 7.45. The molecule has 2 atom stereocenters. The minimum Gasteiger partial charge on any atom is -0.368 e. The molecule has 0 spiro atoms. The van der Waals surface area contributed by atoms with E-state index in [0.717, 1.165) is 32.5 Å². The van der Waals surface area contributed by atoms with Crippen molar-refractivity contribution in [1.29, 1.82) is 0 Å². The van der Waals surface area contributed by atoms with Gasteiger partial charge in [0.2, 0.25) is 0 Å². The van der Waals surface area contributed by atoms with Crippen molar-refractivity contribution in [2.24, 2.45) is 5.92 Å². The normalized spacial score (nSPS) is 14.1. The molecule has 0 aliphatic carbocycles. The Morgan fingerprint density at radius 3 is 2.45 bits per heavy atom. The number of halogens is 1. The molecule has 0 saturated carbocycles.